The average Bonchev–Trinajstić information content (AvgIpc) is 2.34. The van der Waals surface area contributed by atoms with E-state index in [1.807, 2.05) is 6.92 Å². The van der Waals surface area contributed by atoms with E-state index in [1.54, 1.807) is 6.08 Å². The lowest BCUT2D eigenvalue weighted by molar-refractivity contribution is 0.191. The zero-order chi connectivity index (χ0) is 18.8. The van der Waals surface area contributed by atoms with Crippen molar-refractivity contribution in [3.05, 3.63) is 34.9 Å². The van der Waals surface area contributed by atoms with Gasteiger partial charge in [-0.3, -0.25) is 4.52 Å². The summed E-state index contributed by atoms with van der Waals surface area (Å²) in [4.78, 5) is 26.1. The van der Waals surface area contributed by atoms with Crippen LogP contribution in [0.3, 0.4) is 0 Å². The summed E-state index contributed by atoms with van der Waals surface area (Å²) in [6.45, 7) is 7.82. The Morgan fingerprint density at radius 3 is 1.88 bits per heavy atom. The quantitative estimate of drug-likeness (QED) is 0.270. The molecule has 0 bridgehead atoms. The Kier molecular flexibility index (Phi) is 10.9. The molecule has 7 nitrogen and oxygen atoms in total. The minimum absolute atomic E-state index is 0.261. The Hall–Kier alpha value is -0.520. The summed E-state index contributed by atoms with van der Waals surface area (Å²) in [5.74, 6) is 0. The maximum absolute atomic E-state index is 11.2. The number of phosphoric ester groups is 1. The third-order valence-electron chi connectivity index (χ3n) is 3.00. The van der Waals surface area contributed by atoms with Gasteiger partial charge in [0.1, 0.15) is 0 Å². The lowest BCUT2D eigenvalue weighted by Crippen LogP contribution is -1.94. The van der Waals surface area contributed by atoms with Crippen molar-refractivity contribution in [2.75, 3.05) is 6.61 Å². The van der Waals surface area contributed by atoms with Crippen molar-refractivity contribution in [3.63, 3.8) is 0 Å². The van der Waals surface area contributed by atoms with Crippen molar-refractivity contribution < 1.29 is 32.6 Å². The van der Waals surface area contributed by atoms with Crippen LogP contribution >= 0.6 is 15.6 Å². The van der Waals surface area contributed by atoms with Crippen LogP contribution in [0, 0.1) is 0 Å². The van der Waals surface area contributed by atoms with Crippen LogP contribution in [0.5, 0.6) is 0 Å². The summed E-state index contributed by atoms with van der Waals surface area (Å²) in [6.07, 6.45) is 9.59. The minimum Gasteiger partial charge on any atom is -0.302 e. The summed E-state index contributed by atoms with van der Waals surface area (Å²) in [5.41, 5.74) is 3.57. The normalized spacial score (nSPS) is 16.0. The van der Waals surface area contributed by atoms with E-state index in [-0.39, 0.29) is 6.61 Å². The predicted octanol–water partition coefficient (Wildman–Crippen LogP) is 4.63. The predicted molar refractivity (Wildman–Crippen MR) is 94.3 cm³/mol. The fourth-order valence-electron chi connectivity index (χ4n) is 1.77. The van der Waals surface area contributed by atoms with E-state index in [0.29, 0.717) is 0 Å². The summed E-state index contributed by atoms with van der Waals surface area (Å²) in [6, 6.07) is 0. The van der Waals surface area contributed by atoms with Crippen molar-refractivity contribution in [2.24, 2.45) is 0 Å². The zero-order valence-corrected chi connectivity index (χ0v) is 16.4. The molecule has 0 aromatic rings. The molecule has 0 aliphatic heterocycles. The fourth-order valence-corrected chi connectivity index (χ4v) is 3.30. The molecule has 1 atom stereocenters. The Labute approximate surface area is 143 Å². The third kappa shape index (κ3) is 15.0. The van der Waals surface area contributed by atoms with Crippen molar-refractivity contribution in [1.29, 1.82) is 0 Å². The first-order chi connectivity index (χ1) is 10.9. The first-order valence-electron chi connectivity index (χ1n) is 7.60. The second-order valence-corrected chi connectivity index (χ2v) is 8.63. The highest BCUT2D eigenvalue weighted by atomic mass is 31.3. The number of hydrogen-bond donors (Lipinski definition) is 3. The molecule has 24 heavy (non-hydrogen) atoms. The standard InChI is InChI=1S/C15H28O7P2/c1-13(2)7-5-8-14(3)9-6-10-15(4)11-12-21-24(19,20)22-23(16,17)18/h7,9,11H,5-6,8,10,12H2,1-4H3,(H,19,20)(H2,16,17,18)/b14-9+,15-11-/i4+1,9+1. The summed E-state index contributed by atoms with van der Waals surface area (Å²) < 4.78 is 29.9. The molecular formula is C15H28O7P2. The Balaban J connectivity index is 4.18. The Bertz CT molecular complexity index is 568. The van der Waals surface area contributed by atoms with Gasteiger partial charge in [0.05, 0.1) is 6.61 Å². The maximum Gasteiger partial charge on any atom is 0.481 e. The van der Waals surface area contributed by atoms with E-state index in [1.165, 1.54) is 11.1 Å². The molecule has 0 fully saturated rings. The highest BCUT2D eigenvalue weighted by Crippen LogP contribution is 2.57. The van der Waals surface area contributed by atoms with Crippen molar-refractivity contribution in [2.45, 2.75) is 53.4 Å². The Morgan fingerprint density at radius 1 is 0.875 bits per heavy atom. The second kappa shape index (κ2) is 11.2. The van der Waals surface area contributed by atoms with Gasteiger partial charge in [0.25, 0.3) is 0 Å². The van der Waals surface area contributed by atoms with Gasteiger partial charge in [0.15, 0.2) is 0 Å². The molecule has 0 radical (unpaired) electrons. The maximum atomic E-state index is 11.2. The molecule has 0 aliphatic rings. The number of allylic oxidation sites excluding steroid dienone is 5. The highest BCUT2D eigenvalue weighted by Gasteiger charge is 2.31. The topological polar surface area (TPSA) is 113 Å². The van der Waals surface area contributed by atoms with Crippen molar-refractivity contribution >= 4 is 15.6 Å². The molecule has 0 heterocycles. The largest absolute Gasteiger partial charge is 0.481 e. The molecule has 9 heteroatoms. The van der Waals surface area contributed by atoms with Crippen molar-refractivity contribution in [3.8, 4) is 0 Å². The Morgan fingerprint density at radius 2 is 1.38 bits per heavy atom. The number of hydrogen-bond acceptors (Lipinski definition) is 4. The van der Waals surface area contributed by atoms with Gasteiger partial charge in [-0.2, -0.15) is 4.31 Å². The van der Waals surface area contributed by atoms with Crippen LogP contribution in [0.2, 0.25) is 0 Å². The molecule has 0 spiro atoms. The molecule has 1 unspecified atom stereocenters. The first kappa shape index (κ1) is 23.5. The van der Waals surface area contributed by atoms with Gasteiger partial charge in [-0.25, -0.2) is 9.13 Å². The molecule has 0 rings (SSSR count). The van der Waals surface area contributed by atoms with Crippen LogP contribution in [0.25, 0.3) is 0 Å². The number of phosphoric acid groups is 2. The molecule has 0 aromatic heterocycles. The monoisotopic (exact) mass is 384 g/mol. The number of rotatable bonds is 11. The fraction of sp³-hybridized carbons (Fsp3) is 0.600. The first-order valence-corrected chi connectivity index (χ1v) is 10.6. The zero-order valence-electron chi connectivity index (χ0n) is 14.6. The van der Waals surface area contributed by atoms with E-state index in [9.17, 15) is 9.13 Å². The summed E-state index contributed by atoms with van der Waals surface area (Å²) in [7, 11) is -9.82. The van der Waals surface area contributed by atoms with Gasteiger partial charge in [-0.05, 0) is 53.4 Å². The lowest BCUT2D eigenvalue weighted by Gasteiger charge is -2.11. The molecule has 0 saturated heterocycles. The van der Waals surface area contributed by atoms with Crippen LogP contribution in [0.1, 0.15) is 53.4 Å². The summed E-state index contributed by atoms with van der Waals surface area (Å²) in [5, 5.41) is 0. The lowest BCUT2D eigenvalue weighted by atomic mass is 10.1. The molecule has 0 aromatic carbocycles. The van der Waals surface area contributed by atoms with Crippen LogP contribution < -0.4 is 0 Å². The molecule has 140 valence electrons. The smallest absolute Gasteiger partial charge is 0.302 e. The van der Waals surface area contributed by atoms with E-state index in [0.717, 1.165) is 31.3 Å². The van der Waals surface area contributed by atoms with Gasteiger partial charge in [0, 0.05) is 0 Å². The van der Waals surface area contributed by atoms with E-state index in [4.69, 9.17) is 14.7 Å². The van der Waals surface area contributed by atoms with Crippen LogP contribution in [0.15, 0.2) is 34.9 Å². The van der Waals surface area contributed by atoms with E-state index in [2.05, 4.69) is 41.8 Å². The van der Waals surface area contributed by atoms with Crippen LogP contribution in [-0.2, 0) is 18.0 Å². The van der Waals surface area contributed by atoms with Gasteiger partial charge < -0.3 is 14.7 Å². The second-order valence-electron chi connectivity index (χ2n) is 5.80. The van der Waals surface area contributed by atoms with Crippen LogP contribution in [0.4, 0.5) is 0 Å². The average molecular weight is 384 g/mol. The van der Waals surface area contributed by atoms with Gasteiger partial charge >= 0.3 is 15.6 Å². The summed E-state index contributed by atoms with van der Waals surface area (Å²) >= 11 is 0. The van der Waals surface area contributed by atoms with Gasteiger partial charge in [0.2, 0.25) is 0 Å². The molecule has 0 amide bonds. The van der Waals surface area contributed by atoms with E-state index < -0.39 is 15.6 Å². The minimum atomic E-state index is -5.07. The van der Waals surface area contributed by atoms with Crippen LogP contribution in [-0.4, -0.2) is 21.3 Å². The third-order valence-corrected chi connectivity index (χ3v) is 5.15. The van der Waals surface area contributed by atoms with Crippen molar-refractivity contribution in [1.82, 2.24) is 0 Å². The molecule has 0 aliphatic carbocycles. The molecule has 3 N–H and O–H groups in total. The molecular weight excluding hydrogens is 356 g/mol. The molecule has 0 saturated carbocycles. The van der Waals surface area contributed by atoms with Gasteiger partial charge in [-0.15, -0.1) is 0 Å². The highest BCUT2D eigenvalue weighted by molar-refractivity contribution is 7.60. The van der Waals surface area contributed by atoms with Gasteiger partial charge in [-0.1, -0.05) is 34.9 Å². The SMILES string of the molecule is CC(C)=CCC/C(C)=[13CH]/CC/C([13CH3])=C\COP(=O)(O)OP(=O)(O)O. The van der Waals surface area contributed by atoms with E-state index >= 15 is 0 Å².